The Hall–Kier alpha value is -2.30. The zero-order valence-electron chi connectivity index (χ0n) is 13.4. The third-order valence-electron chi connectivity index (χ3n) is 4.12. The third-order valence-corrected chi connectivity index (χ3v) is 6.27. The first-order chi connectivity index (χ1) is 12.2. The number of ketones is 1. The average molecular weight is 389 g/mol. The fraction of sp³-hybridized carbons (Fsp3) is 0.467. The summed E-state index contributed by atoms with van der Waals surface area (Å²) in [6.45, 7) is 0. The second-order valence-electron chi connectivity index (χ2n) is 5.99. The highest BCUT2D eigenvalue weighted by Gasteiger charge is 2.38. The number of Topliss-reactive ketones (excluding diaryl/α,β-unsaturated/α-hetero) is 1. The van der Waals surface area contributed by atoms with E-state index in [1.165, 1.54) is 12.1 Å². The van der Waals surface area contributed by atoms with Crippen LogP contribution in [-0.2, 0) is 16.0 Å². The van der Waals surface area contributed by atoms with Crippen molar-refractivity contribution in [1.82, 2.24) is 15.1 Å². The van der Waals surface area contributed by atoms with Crippen LogP contribution in [0.3, 0.4) is 0 Å². The number of pyridine rings is 1. The second-order valence-corrected chi connectivity index (χ2v) is 8.27. The highest BCUT2D eigenvalue weighted by molar-refractivity contribution is 7.92. The predicted octanol–water partition coefficient (Wildman–Crippen LogP) is 2.69. The van der Waals surface area contributed by atoms with Crippen molar-refractivity contribution in [2.75, 3.05) is 5.75 Å². The molecular formula is C15H14F3N3O4S. The summed E-state index contributed by atoms with van der Waals surface area (Å²) in [7, 11) is -3.54. The molecule has 0 unspecified atom stereocenters. The summed E-state index contributed by atoms with van der Waals surface area (Å²) in [5.74, 6) is -3.12. The van der Waals surface area contributed by atoms with Crippen molar-refractivity contribution >= 4 is 15.6 Å². The summed E-state index contributed by atoms with van der Waals surface area (Å²) in [4.78, 5) is 19.2. The molecule has 0 amide bonds. The highest BCUT2D eigenvalue weighted by atomic mass is 32.2. The first-order valence-electron chi connectivity index (χ1n) is 7.79. The smallest absolute Gasteiger partial charge is 0.329 e. The minimum Gasteiger partial charge on any atom is -0.329 e. The van der Waals surface area contributed by atoms with E-state index in [0.29, 0.717) is 12.8 Å². The van der Waals surface area contributed by atoms with E-state index in [4.69, 9.17) is 0 Å². The van der Waals surface area contributed by atoms with Crippen LogP contribution in [0.2, 0.25) is 0 Å². The molecule has 0 aliphatic heterocycles. The molecule has 1 saturated carbocycles. The number of sulfone groups is 1. The molecule has 140 valence electrons. The highest BCUT2D eigenvalue weighted by Crippen LogP contribution is 2.29. The van der Waals surface area contributed by atoms with Gasteiger partial charge in [-0.2, -0.15) is 18.2 Å². The number of nitrogens with zero attached hydrogens (tertiary/aromatic N) is 3. The van der Waals surface area contributed by atoms with E-state index in [1.807, 2.05) is 0 Å². The fourth-order valence-electron chi connectivity index (χ4n) is 2.77. The van der Waals surface area contributed by atoms with Gasteiger partial charge in [-0.3, -0.25) is 9.78 Å². The Balaban J connectivity index is 1.73. The molecule has 7 nitrogen and oxygen atoms in total. The molecule has 0 bridgehead atoms. The Morgan fingerprint density at radius 2 is 1.92 bits per heavy atom. The van der Waals surface area contributed by atoms with Crippen LogP contribution in [0.25, 0.3) is 11.4 Å². The molecule has 0 radical (unpaired) electrons. The van der Waals surface area contributed by atoms with E-state index in [-0.39, 0.29) is 17.1 Å². The Kier molecular flexibility index (Phi) is 4.82. The van der Waals surface area contributed by atoms with Crippen molar-refractivity contribution < 1.29 is 30.9 Å². The van der Waals surface area contributed by atoms with Gasteiger partial charge in [0.05, 0.1) is 5.25 Å². The van der Waals surface area contributed by atoms with Gasteiger partial charge in [-0.05, 0) is 25.0 Å². The summed E-state index contributed by atoms with van der Waals surface area (Å²) < 4.78 is 65.9. The lowest BCUT2D eigenvalue weighted by Gasteiger charge is -2.09. The fourth-order valence-corrected chi connectivity index (χ4v) is 4.57. The minimum atomic E-state index is -4.76. The van der Waals surface area contributed by atoms with Gasteiger partial charge in [0.15, 0.2) is 15.6 Å². The van der Waals surface area contributed by atoms with Crippen LogP contribution in [0.4, 0.5) is 13.2 Å². The van der Waals surface area contributed by atoms with Gasteiger partial charge in [0.2, 0.25) is 5.82 Å². The summed E-state index contributed by atoms with van der Waals surface area (Å²) in [5, 5.41) is 2.72. The molecular weight excluding hydrogens is 375 g/mol. The molecule has 11 heteroatoms. The van der Waals surface area contributed by atoms with Gasteiger partial charge < -0.3 is 4.52 Å². The molecule has 2 aromatic rings. The van der Waals surface area contributed by atoms with E-state index in [2.05, 4.69) is 19.6 Å². The van der Waals surface area contributed by atoms with Gasteiger partial charge >= 0.3 is 12.1 Å². The number of rotatable bonds is 5. The maximum atomic E-state index is 12.5. The first-order valence-corrected chi connectivity index (χ1v) is 9.50. The van der Waals surface area contributed by atoms with Crippen LogP contribution >= 0.6 is 0 Å². The average Bonchev–Trinajstić information content (AvgIpc) is 3.26. The summed E-state index contributed by atoms with van der Waals surface area (Å²) in [5.41, 5.74) is 0.0225. The van der Waals surface area contributed by atoms with Crippen LogP contribution in [0, 0.1) is 0 Å². The number of carbonyl (C=O) groups is 1. The first kappa shape index (κ1) is 18.5. The van der Waals surface area contributed by atoms with Crippen molar-refractivity contribution in [1.29, 1.82) is 0 Å². The molecule has 1 aliphatic carbocycles. The molecule has 0 saturated heterocycles. The molecule has 2 aromatic heterocycles. The van der Waals surface area contributed by atoms with Gasteiger partial charge in [-0.15, -0.1) is 0 Å². The van der Waals surface area contributed by atoms with Crippen LogP contribution in [0.1, 0.15) is 42.1 Å². The SMILES string of the molecule is O=C(CS(=O)(=O)C1CCCC1)c1ccc(-c2noc(C(F)(F)F)n2)cn1. The zero-order valence-corrected chi connectivity index (χ0v) is 14.2. The molecule has 26 heavy (non-hydrogen) atoms. The lowest BCUT2D eigenvalue weighted by atomic mass is 10.2. The Labute approximate surface area is 146 Å². The molecule has 2 heterocycles. The van der Waals surface area contributed by atoms with Crippen molar-refractivity contribution in [3.05, 3.63) is 29.9 Å². The van der Waals surface area contributed by atoms with E-state index >= 15 is 0 Å². The number of halogens is 3. The summed E-state index contributed by atoms with van der Waals surface area (Å²) in [6.07, 6.45) is -0.891. The van der Waals surface area contributed by atoms with Gasteiger partial charge in [-0.1, -0.05) is 18.0 Å². The number of carbonyl (C=O) groups excluding carboxylic acids is 1. The monoisotopic (exact) mass is 389 g/mol. The summed E-state index contributed by atoms with van der Waals surface area (Å²) in [6, 6.07) is 2.51. The number of aromatic nitrogens is 3. The second kappa shape index (κ2) is 6.78. The number of hydrogen-bond donors (Lipinski definition) is 0. The lowest BCUT2D eigenvalue weighted by Crippen LogP contribution is -2.26. The molecule has 0 atom stereocenters. The normalized spacial score (nSPS) is 16.1. The van der Waals surface area contributed by atoms with Gasteiger partial charge in [0.1, 0.15) is 11.4 Å². The van der Waals surface area contributed by atoms with Crippen molar-refractivity contribution in [2.45, 2.75) is 37.1 Å². The molecule has 1 aliphatic rings. The summed E-state index contributed by atoms with van der Waals surface area (Å²) >= 11 is 0. The van der Waals surface area contributed by atoms with E-state index in [9.17, 15) is 26.4 Å². The predicted molar refractivity (Wildman–Crippen MR) is 82.9 cm³/mol. The Morgan fingerprint density at radius 3 is 2.46 bits per heavy atom. The molecule has 1 fully saturated rings. The molecule has 0 N–H and O–H groups in total. The Bertz CT molecular complexity index is 901. The van der Waals surface area contributed by atoms with Crippen molar-refractivity contribution in [3.8, 4) is 11.4 Å². The topological polar surface area (TPSA) is 103 Å². The number of alkyl halides is 3. The van der Waals surface area contributed by atoms with Crippen LogP contribution in [-0.4, -0.2) is 40.3 Å². The Morgan fingerprint density at radius 1 is 1.23 bits per heavy atom. The third kappa shape index (κ3) is 3.92. The van der Waals surface area contributed by atoms with E-state index in [1.54, 1.807) is 0 Å². The molecule has 3 rings (SSSR count). The maximum Gasteiger partial charge on any atom is 0.471 e. The lowest BCUT2D eigenvalue weighted by molar-refractivity contribution is -0.159. The van der Waals surface area contributed by atoms with E-state index in [0.717, 1.165) is 19.0 Å². The van der Waals surface area contributed by atoms with Crippen molar-refractivity contribution in [3.63, 3.8) is 0 Å². The van der Waals surface area contributed by atoms with Crippen molar-refractivity contribution in [2.24, 2.45) is 0 Å². The number of hydrogen-bond acceptors (Lipinski definition) is 7. The maximum absolute atomic E-state index is 12.5. The standard InChI is InChI=1S/C15H14F3N3O4S/c16-15(17,18)14-20-13(21-25-14)9-5-6-11(19-7-9)12(22)8-26(23,24)10-3-1-2-4-10/h5-7,10H,1-4,8H2. The van der Waals surface area contributed by atoms with Crippen LogP contribution < -0.4 is 0 Å². The largest absolute Gasteiger partial charge is 0.471 e. The molecule has 0 aromatic carbocycles. The minimum absolute atomic E-state index is 0.0881. The van der Waals surface area contributed by atoms with Gasteiger partial charge in [-0.25, -0.2) is 8.42 Å². The van der Waals surface area contributed by atoms with E-state index < -0.39 is 38.7 Å². The van der Waals surface area contributed by atoms with Gasteiger partial charge in [0, 0.05) is 11.8 Å². The quantitative estimate of drug-likeness (QED) is 0.724. The van der Waals surface area contributed by atoms with Crippen LogP contribution in [0.5, 0.6) is 0 Å². The van der Waals surface area contributed by atoms with Crippen LogP contribution in [0.15, 0.2) is 22.9 Å². The molecule has 0 spiro atoms. The zero-order chi connectivity index (χ0) is 18.9. The van der Waals surface area contributed by atoms with Gasteiger partial charge in [0.25, 0.3) is 0 Å².